The minimum absolute atomic E-state index is 0.137. The van der Waals surface area contributed by atoms with E-state index < -0.39 is 0 Å². The average molecular weight is 377 g/mol. The van der Waals surface area contributed by atoms with Crippen LogP contribution in [0.2, 0.25) is 10.0 Å². The first kappa shape index (κ1) is 18.2. The molecule has 1 amide bonds. The highest BCUT2D eigenvalue weighted by molar-refractivity contribution is 6.35. The molecule has 5 heteroatoms. The molecule has 0 atom stereocenters. The fourth-order valence-electron chi connectivity index (χ4n) is 3.16. The molecule has 0 bridgehead atoms. The molecular weight excluding hydrogens is 355 g/mol. The predicted molar refractivity (Wildman–Crippen MR) is 104 cm³/mol. The van der Waals surface area contributed by atoms with E-state index in [0.29, 0.717) is 5.02 Å². The van der Waals surface area contributed by atoms with Crippen LogP contribution < -0.4 is 0 Å². The lowest BCUT2D eigenvalue weighted by atomic mass is 10.1. The number of halogens is 2. The van der Waals surface area contributed by atoms with E-state index in [1.165, 1.54) is 0 Å². The smallest absolute Gasteiger partial charge is 0.254 e. The van der Waals surface area contributed by atoms with E-state index in [1.807, 2.05) is 48.2 Å². The number of piperazine rings is 1. The summed E-state index contributed by atoms with van der Waals surface area (Å²) >= 11 is 12.2. The lowest BCUT2D eigenvalue weighted by Crippen LogP contribution is -2.49. The summed E-state index contributed by atoms with van der Waals surface area (Å²) in [5, 5.41) is 1.39. The summed E-state index contributed by atoms with van der Waals surface area (Å²) in [6.45, 7) is 6.24. The summed E-state index contributed by atoms with van der Waals surface area (Å²) in [5.74, 6) is 0.137. The topological polar surface area (TPSA) is 23.6 Å². The second-order valence-corrected chi connectivity index (χ2v) is 7.28. The molecule has 2 aromatic rings. The van der Waals surface area contributed by atoms with Crippen molar-refractivity contribution < 1.29 is 4.79 Å². The van der Waals surface area contributed by atoms with Crippen molar-refractivity contribution in [1.82, 2.24) is 9.80 Å². The number of benzene rings is 2. The fourth-order valence-corrected chi connectivity index (χ4v) is 3.66. The van der Waals surface area contributed by atoms with Gasteiger partial charge in [0.2, 0.25) is 0 Å². The predicted octanol–water partition coefficient (Wildman–Crippen LogP) is 4.30. The maximum atomic E-state index is 12.7. The molecule has 1 saturated heterocycles. The van der Waals surface area contributed by atoms with Crippen LogP contribution in [0, 0.1) is 6.92 Å². The quantitative estimate of drug-likeness (QED) is 0.793. The van der Waals surface area contributed by atoms with Crippen molar-refractivity contribution in [3.8, 4) is 0 Å². The lowest BCUT2D eigenvalue weighted by molar-refractivity contribution is 0.0638. The molecule has 2 aromatic carbocycles. The summed E-state index contributed by atoms with van der Waals surface area (Å²) < 4.78 is 0. The molecule has 1 aliphatic heterocycles. The molecule has 0 spiro atoms. The highest BCUT2D eigenvalue weighted by atomic mass is 35.5. The van der Waals surface area contributed by atoms with Crippen molar-refractivity contribution in [2.75, 3.05) is 32.7 Å². The van der Waals surface area contributed by atoms with Gasteiger partial charge < -0.3 is 4.90 Å². The Morgan fingerprint density at radius 2 is 1.76 bits per heavy atom. The van der Waals surface area contributed by atoms with Crippen LogP contribution in [0.4, 0.5) is 0 Å². The zero-order valence-corrected chi connectivity index (χ0v) is 15.9. The number of hydrogen-bond donors (Lipinski definition) is 0. The van der Waals surface area contributed by atoms with E-state index in [1.54, 1.807) is 6.07 Å². The first-order chi connectivity index (χ1) is 12.0. The summed E-state index contributed by atoms with van der Waals surface area (Å²) in [5.41, 5.74) is 2.96. The first-order valence-electron chi connectivity index (χ1n) is 8.56. The van der Waals surface area contributed by atoms with E-state index in [0.717, 1.165) is 60.9 Å². The Balaban J connectivity index is 1.52. The lowest BCUT2D eigenvalue weighted by Gasteiger charge is -2.35. The second-order valence-electron chi connectivity index (χ2n) is 6.43. The molecule has 132 valence electrons. The van der Waals surface area contributed by atoms with Gasteiger partial charge in [0.05, 0.1) is 0 Å². The van der Waals surface area contributed by atoms with Crippen LogP contribution in [-0.4, -0.2) is 48.4 Å². The number of rotatable bonds is 4. The van der Waals surface area contributed by atoms with E-state index in [9.17, 15) is 4.79 Å². The normalized spacial score (nSPS) is 15.4. The van der Waals surface area contributed by atoms with Gasteiger partial charge in [-0.05, 0) is 42.7 Å². The van der Waals surface area contributed by atoms with Crippen LogP contribution in [0.15, 0.2) is 42.5 Å². The Kier molecular flexibility index (Phi) is 6.00. The van der Waals surface area contributed by atoms with Crippen molar-refractivity contribution in [3.63, 3.8) is 0 Å². The third-order valence-electron chi connectivity index (χ3n) is 4.75. The van der Waals surface area contributed by atoms with Gasteiger partial charge in [0.25, 0.3) is 5.91 Å². The summed E-state index contributed by atoms with van der Waals surface area (Å²) in [6, 6.07) is 13.4. The van der Waals surface area contributed by atoms with Gasteiger partial charge in [0, 0.05) is 48.3 Å². The van der Waals surface area contributed by atoms with Crippen LogP contribution >= 0.6 is 23.2 Å². The van der Waals surface area contributed by atoms with E-state index in [4.69, 9.17) is 23.2 Å². The molecule has 0 N–H and O–H groups in total. The number of nitrogens with zero attached hydrogens (tertiary/aromatic N) is 2. The van der Waals surface area contributed by atoms with Crippen LogP contribution in [0.25, 0.3) is 0 Å². The zero-order chi connectivity index (χ0) is 17.8. The van der Waals surface area contributed by atoms with Gasteiger partial charge in [-0.3, -0.25) is 9.69 Å². The van der Waals surface area contributed by atoms with Gasteiger partial charge in [-0.15, -0.1) is 0 Å². The fraction of sp³-hybridized carbons (Fsp3) is 0.350. The molecule has 1 aliphatic rings. The summed E-state index contributed by atoms with van der Waals surface area (Å²) in [6.07, 6.45) is 0.891. The molecule has 0 unspecified atom stereocenters. The number of amides is 1. The van der Waals surface area contributed by atoms with E-state index in [-0.39, 0.29) is 5.91 Å². The SMILES string of the molecule is Cc1ccccc1C(=O)N1CCN(CCc2ccc(Cl)cc2Cl)CC1. The monoisotopic (exact) mass is 376 g/mol. The third-order valence-corrected chi connectivity index (χ3v) is 5.33. The third kappa shape index (κ3) is 4.55. The van der Waals surface area contributed by atoms with Gasteiger partial charge in [-0.1, -0.05) is 47.5 Å². The minimum Gasteiger partial charge on any atom is -0.336 e. The number of hydrogen-bond acceptors (Lipinski definition) is 2. The molecule has 0 radical (unpaired) electrons. The van der Waals surface area contributed by atoms with Gasteiger partial charge in [0.1, 0.15) is 0 Å². The second kappa shape index (κ2) is 8.22. The molecule has 0 aromatic heterocycles. The van der Waals surface area contributed by atoms with Crippen molar-refractivity contribution in [3.05, 3.63) is 69.2 Å². The highest BCUT2D eigenvalue weighted by Gasteiger charge is 2.22. The Morgan fingerprint density at radius 1 is 1.04 bits per heavy atom. The Bertz CT molecular complexity index is 755. The van der Waals surface area contributed by atoms with Crippen LogP contribution in [0.5, 0.6) is 0 Å². The highest BCUT2D eigenvalue weighted by Crippen LogP contribution is 2.22. The standard InChI is InChI=1S/C20H22Cl2N2O/c1-15-4-2-3-5-18(15)20(25)24-12-10-23(11-13-24)9-8-16-6-7-17(21)14-19(16)22/h2-7,14H,8-13H2,1H3. The van der Waals surface area contributed by atoms with Crippen LogP contribution in [-0.2, 0) is 6.42 Å². The molecule has 1 fully saturated rings. The average Bonchev–Trinajstić information content (AvgIpc) is 2.61. The minimum atomic E-state index is 0.137. The number of aryl methyl sites for hydroxylation is 1. The van der Waals surface area contributed by atoms with Gasteiger partial charge >= 0.3 is 0 Å². The van der Waals surface area contributed by atoms with Gasteiger partial charge in [-0.2, -0.15) is 0 Å². The molecule has 0 aliphatic carbocycles. The Hall–Kier alpha value is -1.55. The van der Waals surface area contributed by atoms with Crippen LogP contribution in [0.1, 0.15) is 21.5 Å². The van der Waals surface area contributed by atoms with Crippen molar-refractivity contribution >= 4 is 29.1 Å². The number of carbonyl (C=O) groups is 1. The molecule has 3 rings (SSSR count). The van der Waals surface area contributed by atoms with Crippen molar-refractivity contribution in [2.24, 2.45) is 0 Å². The summed E-state index contributed by atoms with van der Waals surface area (Å²) in [4.78, 5) is 17.0. The van der Waals surface area contributed by atoms with Crippen molar-refractivity contribution in [2.45, 2.75) is 13.3 Å². The Morgan fingerprint density at radius 3 is 2.44 bits per heavy atom. The van der Waals surface area contributed by atoms with E-state index in [2.05, 4.69) is 4.90 Å². The van der Waals surface area contributed by atoms with Crippen molar-refractivity contribution in [1.29, 1.82) is 0 Å². The van der Waals surface area contributed by atoms with E-state index >= 15 is 0 Å². The molecular formula is C20H22Cl2N2O. The van der Waals surface area contributed by atoms with Crippen LogP contribution in [0.3, 0.4) is 0 Å². The van der Waals surface area contributed by atoms with Gasteiger partial charge in [-0.25, -0.2) is 0 Å². The summed E-state index contributed by atoms with van der Waals surface area (Å²) in [7, 11) is 0. The number of carbonyl (C=O) groups excluding carboxylic acids is 1. The maximum absolute atomic E-state index is 12.7. The Labute approximate surface area is 159 Å². The molecule has 0 saturated carbocycles. The molecule has 1 heterocycles. The maximum Gasteiger partial charge on any atom is 0.254 e. The molecule has 25 heavy (non-hydrogen) atoms. The molecule has 3 nitrogen and oxygen atoms in total. The first-order valence-corrected chi connectivity index (χ1v) is 9.31. The van der Waals surface area contributed by atoms with Gasteiger partial charge in [0.15, 0.2) is 0 Å². The zero-order valence-electron chi connectivity index (χ0n) is 14.3. The largest absolute Gasteiger partial charge is 0.336 e.